The summed E-state index contributed by atoms with van der Waals surface area (Å²) in [6.45, 7) is 3.45. The van der Waals surface area contributed by atoms with Crippen LogP contribution in [0, 0.1) is 12.3 Å². The number of pyridine rings is 1. The van der Waals surface area contributed by atoms with Crippen molar-refractivity contribution >= 4 is 29.1 Å². The Bertz CT molecular complexity index is 522. The quantitative estimate of drug-likeness (QED) is 0.601. The molecule has 1 aromatic heterocycles. The molecule has 5 nitrogen and oxygen atoms in total. The molecule has 0 saturated carbocycles. The maximum atomic E-state index is 11.9. The lowest BCUT2D eigenvalue weighted by Crippen LogP contribution is -2.61. The Morgan fingerprint density at radius 2 is 1.89 bits per heavy atom. The minimum absolute atomic E-state index is 0.0553. The second kappa shape index (κ2) is 4.45. The van der Waals surface area contributed by atoms with Gasteiger partial charge in [0.1, 0.15) is 5.41 Å². The third-order valence-electron chi connectivity index (χ3n) is 2.94. The summed E-state index contributed by atoms with van der Waals surface area (Å²) in [6, 6.07) is 5.51. The van der Waals surface area contributed by atoms with Gasteiger partial charge in [-0.15, -0.1) is 0 Å². The van der Waals surface area contributed by atoms with Gasteiger partial charge in [0, 0.05) is 17.8 Å². The van der Waals surface area contributed by atoms with E-state index in [1.54, 1.807) is 13.0 Å². The average Bonchev–Trinajstić information content (AvgIpc) is 2.26. The van der Waals surface area contributed by atoms with E-state index in [2.05, 4.69) is 15.6 Å². The van der Waals surface area contributed by atoms with Gasteiger partial charge in [-0.05, 0) is 38.2 Å². The fourth-order valence-corrected chi connectivity index (χ4v) is 2.02. The Balaban J connectivity index is 2.28. The second-order valence-electron chi connectivity index (χ2n) is 4.52. The largest absolute Gasteiger partial charge is 0.302 e. The molecule has 0 atom stereocenters. The first kappa shape index (κ1) is 12.6. The van der Waals surface area contributed by atoms with Crippen LogP contribution in [0.3, 0.4) is 0 Å². The molecule has 6 heteroatoms. The number of nitrogens with one attached hydrogen (secondary N) is 2. The van der Waals surface area contributed by atoms with E-state index in [-0.39, 0.29) is 23.3 Å². The van der Waals surface area contributed by atoms with Crippen molar-refractivity contribution in [3.63, 3.8) is 0 Å². The number of hydrogen-bond donors (Lipinski definition) is 2. The molecule has 2 amide bonds. The maximum Gasteiger partial charge on any atom is 0.241 e. The first-order valence-electron chi connectivity index (χ1n) is 5.51. The van der Waals surface area contributed by atoms with E-state index in [1.807, 2.05) is 19.1 Å². The minimum atomic E-state index is -1.18. The van der Waals surface area contributed by atoms with Crippen LogP contribution in [-0.2, 0) is 16.0 Å². The lowest BCUT2D eigenvalue weighted by atomic mass is 9.82. The Morgan fingerprint density at radius 1 is 1.28 bits per heavy atom. The predicted octanol–water partition coefficient (Wildman–Crippen LogP) is 0.470. The van der Waals surface area contributed by atoms with E-state index in [4.69, 9.17) is 12.2 Å². The number of carbonyl (C=O) groups excluding carboxylic acids is 2. The summed E-state index contributed by atoms with van der Waals surface area (Å²) in [5.41, 5.74) is 0.377. The van der Waals surface area contributed by atoms with Crippen molar-refractivity contribution in [3.05, 3.63) is 29.6 Å². The van der Waals surface area contributed by atoms with Crippen LogP contribution in [-0.4, -0.2) is 21.9 Å². The van der Waals surface area contributed by atoms with Crippen LogP contribution in [0.1, 0.15) is 18.3 Å². The molecule has 0 aliphatic carbocycles. The maximum absolute atomic E-state index is 11.9. The zero-order valence-corrected chi connectivity index (χ0v) is 10.9. The van der Waals surface area contributed by atoms with E-state index in [0.29, 0.717) is 5.69 Å². The van der Waals surface area contributed by atoms with E-state index < -0.39 is 5.41 Å². The standard InChI is InChI=1S/C12H13N3O2S/c1-7-4-3-5-8(13-7)6-12(2)9(16)14-11(18)15-10(12)17/h3-5H,6H2,1-2H3,(H2,14,15,16,17,18). The molecule has 2 N–H and O–H groups in total. The lowest BCUT2D eigenvalue weighted by Gasteiger charge is -2.31. The Hall–Kier alpha value is -1.82. The molecule has 94 valence electrons. The van der Waals surface area contributed by atoms with Gasteiger partial charge < -0.3 is 10.6 Å². The van der Waals surface area contributed by atoms with Crippen LogP contribution >= 0.6 is 12.2 Å². The van der Waals surface area contributed by atoms with Gasteiger partial charge in [0.25, 0.3) is 0 Å². The van der Waals surface area contributed by atoms with Gasteiger partial charge in [0.05, 0.1) is 0 Å². The second-order valence-corrected chi connectivity index (χ2v) is 4.92. The van der Waals surface area contributed by atoms with Crippen molar-refractivity contribution in [3.8, 4) is 0 Å². The van der Waals surface area contributed by atoms with E-state index in [9.17, 15) is 9.59 Å². The lowest BCUT2D eigenvalue weighted by molar-refractivity contribution is -0.142. The van der Waals surface area contributed by atoms with Gasteiger partial charge in [0.2, 0.25) is 11.8 Å². The minimum Gasteiger partial charge on any atom is -0.302 e. The molecule has 0 aromatic carbocycles. The van der Waals surface area contributed by atoms with Gasteiger partial charge in [-0.3, -0.25) is 14.6 Å². The smallest absolute Gasteiger partial charge is 0.241 e. The number of aryl methyl sites for hydroxylation is 1. The average molecular weight is 263 g/mol. The molecule has 18 heavy (non-hydrogen) atoms. The highest BCUT2D eigenvalue weighted by atomic mass is 32.1. The highest BCUT2D eigenvalue weighted by molar-refractivity contribution is 7.80. The molecule has 0 bridgehead atoms. The summed E-state index contributed by atoms with van der Waals surface area (Å²) in [4.78, 5) is 28.2. The van der Waals surface area contributed by atoms with Crippen molar-refractivity contribution in [1.82, 2.24) is 15.6 Å². The predicted molar refractivity (Wildman–Crippen MR) is 69.7 cm³/mol. The van der Waals surface area contributed by atoms with Crippen LogP contribution in [0.5, 0.6) is 0 Å². The molecule has 1 fully saturated rings. The molecular weight excluding hydrogens is 250 g/mol. The molecule has 1 aliphatic rings. The molecule has 1 aliphatic heterocycles. The third kappa shape index (κ3) is 2.24. The Kier molecular flexibility index (Phi) is 3.13. The van der Waals surface area contributed by atoms with Crippen molar-refractivity contribution < 1.29 is 9.59 Å². The van der Waals surface area contributed by atoms with E-state index in [1.165, 1.54) is 0 Å². The van der Waals surface area contributed by atoms with Gasteiger partial charge in [-0.25, -0.2) is 0 Å². The van der Waals surface area contributed by atoms with Crippen LogP contribution in [0.25, 0.3) is 0 Å². The summed E-state index contributed by atoms with van der Waals surface area (Å²) in [5, 5.41) is 4.99. The third-order valence-corrected chi connectivity index (χ3v) is 3.14. The Morgan fingerprint density at radius 3 is 2.44 bits per heavy atom. The SMILES string of the molecule is Cc1cccc(CC2(C)C(=O)NC(=S)NC2=O)n1. The van der Waals surface area contributed by atoms with Crippen molar-refractivity contribution in [2.75, 3.05) is 0 Å². The summed E-state index contributed by atoms with van der Waals surface area (Å²) in [6.07, 6.45) is 0.245. The van der Waals surface area contributed by atoms with Gasteiger partial charge >= 0.3 is 0 Å². The summed E-state index contributed by atoms with van der Waals surface area (Å²) in [5.74, 6) is -0.779. The molecule has 0 spiro atoms. The van der Waals surface area contributed by atoms with Gasteiger partial charge in [-0.1, -0.05) is 6.07 Å². The van der Waals surface area contributed by atoms with Gasteiger partial charge in [-0.2, -0.15) is 0 Å². The van der Waals surface area contributed by atoms with Crippen LogP contribution in [0.2, 0.25) is 0 Å². The fraction of sp³-hybridized carbons (Fsp3) is 0.333. The molecule has 2 heterocycles. The molecule has 2 rings (SSSR count). The zero-order valence-electron chi connectivity index (χ0n) is 10.1. The number of nitrogens with zero attached hydrogens (tertiary/aromatic N) is 1. The molecule has 0 unspecified atom stereocenters. The highest BCUT2D eigenvalue weighted by Gasteiger charge is 2.45. The van der Waals surface area contributed by atoms with Crippen LogP contribution in [0.4, 0.5) is 0 Å². The number of rotatable bonds is 2. The Labute approximate surface area is 110 Å². The summed E-state index contributed by atoms with van der Waals surface area (Å²) in [7, 11) is 0. The van der Waals surface area contributed by atoms with Gasteiger partial charge in [0.15, 0.2) is 5.11 Å². The fourth-order valence-electron chi connectivity index (χ4n) is 1.84. The summed E-state index contributed by atoms with van der Waals surface area (Å²) >= 11 is 4.77. The van der Waals surface area contributed by atoms with Crippen molar-refractivity contribution in [2.45, 2.75) is 20.3 Å². The number of carbonyl (C=O) groups is 2. The number of hydrogen-bond acceptors (Lipinski definition) is 4. The van der Waals surface area contributed by atoms with E-state index in [0.717, 1.165) is 5.69 Å². The highest BCUT2D eigenvalue weighted by Crippen LogP contribution is 2.24. The normalized spacial score (nSPS) is 18.2. The number of aromatic nitrogens is 1. The number of thiocarbonyl (C=S) groups is 1. The zero-order chi connectivity index (χ0) is 13.3. The first-order valence-corrected chi connectivity index (χ1v) is 5.92. The van der Waals surface area contributed by atoms with Crippen molar-refractivity contribution in [1.29, 1.82) is 0 Å². The molecule has 1 aromatic rings. The first-order chi connectivity index (χ1) is 8.41. The molecular formula is C12H13N3O2S. The molecule has 1 saturated heterocycles. The van der Waals surface area contributed by atoms with Crippen LogP contribution in [0.15, 0.2) is 18.2 Å². The summed E-state index contributed by atoms with van der Waals surface area (Å²) < 4.78 is 0. The van der Waals surface area contributed by atoms with Crippen molar-refractivity contribution in [2.24, 2.45) is 5.41 Å². The number of amides is 2. The van der Waals surface area contributed by atoms with E-state index >= 15 is 0 Å². The monoisotopic (exact) mass is 263 g/mol. The molecule has 0 radical (unpaired) electrons. The van der Waals surface area contributed by atoms with Crippen LogP contribution < -0.4 is 10.6 Å². The topological polar surface area (TPSA) is 71.1 Å².